The van der Waals surface area contributed by atoms with E-state index in [1.165, 1.54) is 12.0 Å². The van der Waals surface area contributed by atoms with Crippen molar-refractivity contribution >= 4 is 40.0 Å². The van der Waals surface area contributed by atoms with Crippen molar-refractivity contribution in [2.75, 3.05) is 20.3 Å². The van der Waals surface area contributed by atoms with Crippen molar-refractivity contribution in [2.24, 2.45) is 0 Å². The highest BCUT2D eigenvalue weighted by molar-refractivity contribution is 6.46. The van der Waals surface area contributed by atoms with Gasteiger partial charge in [0.2, 0.25) is 0 Å². The summed E-state index contributed by atoms with van der Waals surface area (Å²) in [6.45, 7) is 2.39. The minimum absolute atomic E-state index is 0.0614. The number of H-pyrrole nitrogens is 1. The zero-order chi connectivity index (χ0) is 21.4. The van der Waals surface area contributed by atoms with Crippen LogP contribution in [0.5, 0.6) is 0 Å². The number of aliphatic hydroxyl groups excluding tert-OH is 1. The second kappa shape index (κ2) is 7.97. The van der Waals surface area contributed by atoms with E-state index >= 15 is 0 Å². The first-order valence-corrected chi connectivity index (χ1v) is 9.92. The van der Waals surface area contributed by atoms with E-state index in [0.29, 0.717) is 10.6 Å². The number of aromatic amines is 1. The Labute approximate surface area is 178 Å². The summed E-state index contributed by atoms with van der Waals surface area (Å²) in [7, 11) is 1.54. The Morgan fingerprint density at radius 1 is 1.17 bits per heavy atom. The van der Waals surface area contributed by atoms with E-state index in [0.717, 1.165) is 22.2 Å². The fourth-order valence-electron chi connectivity index (χ4n) is 4.01. The fraction of sp³-hybridized carbons (Fsp3) is 0.217. The van der Waals surface area contributed by atoms with E-state index in [-0.39, 0.29) is 24.5 Å². The molecule has 0 saturated carbocycles. The molecule has 6 nitrogen and oxygen atoms in total. The van der Waals surface area contributed by atoms with Gasteiger partial charge in [-0.15, -0.1) is 0 Å². The maximum atomic E-state index is 13.0. The molecule has 1 atom stereocenters. The molecule has 1 aliphatic rings. The third kappa shape index (κ3) is 3.28. The van der Waals surface area contributed by atoms with E-state index in [1.807, 2.05) is 31.2 Å². The number of halogens is 1. The molecule has 2 N–H and O–H groups in total. The zero-order valence-corrected chi connectivity index (χ0v) is 17.4. The molecule has 3 aromatic rings. The molecule has 1 amide bonds. The van der Waals surface area contributed by atoms with Gasteiger partial charge in [0, 0.05) is 46.4 Å². The number of ketones is 1. The van der Waals surface area contributed by atoms with Crippen molar-refractivity contribution < 1.29 is 19.4 Å². The predicted octanol–water partition coefficient (Wildman–Crippen LogP) is 4.20. The summed E-state index contributed by atoms with van der Waals surface area (Å²) < 4.78 is 5.16. The van der Waals surface area contributed by atoms with Crippen molar-refractivity contribution in [3.8, 4) is 0 Å². The van der Waals surface area contributed by atoms with Crippen LogP contribution in [-0.4, -0.2) is 46.9 Å². The lowest BCUT2D eigenvalue weighted by atomic mass is 9.93. The maximum absolute atomic E-state index is 13.0. The average Bonchev–Trinajstić information content (AvgIpc) is 3.19. The molecule has 30 heavy (non-hydrogen) atoms. The monoisotopic (exact) mass is 424 g/mol. The summed E-state index contributed by atoms with van der Waals surface area (Å²) in [4.78, 5) is 30.7. The number of nitrogens with one attached hydrogen (secondary N) is 1. The molecule has 1 aromatic heterocycles. The van der Waals surface area contributed by atoms with E-state index in [2.05, 4.69) is 4.98 Å². The van der Waals surface area contributed by atoms with Crippen molar-refractivity contribution in [3.63, 3.8) is 0 Å². The molecule has 7 heteroatoms. The SMILES string of the molecule is COCCN1C(=O)C(=O)/C(=C(/O)c2ccc(Cl)cc2)C1c1c(C)[nH]c2ccccc12. The molecule has 0 aliphatic carbocycles. The Hall–Kier alpha value is -3.09. The van der Waals surface area contributed by atoms with Crippen molar-refractivity contribution in [1.29, 1.82) is 0 Å². The van der Waals surface area contributed by atoms with Gasteiger partial charge in [-0.25, -0.2) is 0 Å². The second-order valence-corrected chi connectivity index (χ2v) is 7.64. The van der Waals surface area contributed by atoms with Crippen LogP contribution in [0, 0.1) is 6.92 Å². The summed E-state index contributed by atoms with van der Waals surface area (Å²) in [6, 6.07) is 13.5. The Bertz CT molecular complexity index is 1160. The van der Waals surface area contributed by atoms with Gasteiger partial charge < -0.3 is 19.7 Å². The lowest BCUT2D eigenvalue weighted by Crippen LogP contribution is -2.32. The number of aliphatic hydroxyl groups is 1. The summed E-state index contributed by atoms with van der Waals surface area (Å²) in [6.07, 6.45) is 0. The van der Waals surface area contributed by atoms with Crippen LogP contribution in [-0.2, 0) is 14.3 Å². The molecule has 4 rings (SSSR count). The summed E-state index contributed by atoms with van der Waals surface area (Å²) in [5.41, 5.74) is 3.00. The molecule has 0 bridgehead atoms. The van der Waals surface area contributed by atoms with Crippen LogP contribution in [0.15, 0.2) is 54.1 Å². The fourth-order valence-corrected chi connectivity index (χ4v) is 4.14. The van der Waals surface area contributed by atoms with Gasteiger partial charge in [0.15, 0.2) is 0 Å². The molecule has 1 saturated heterocycles. The summed E-state index contributed by atoms with van der Waals surface area (Å²) in [5, 5.41) is 12.5. The van der Waals surface area contributed by atoms with Gasteiger partial charge in [-0.2, -0.15) is 0 Å². The average molecular weight is 425 g/mol. The summed E-state index contributed by atoms with van der Waals surface area (Å²) in [5.74, 6) is -1.59. The van der Waals surface area contributed by atoms with Crippen LogP contribution in [0.4, 0.5) is 0 Å². The number of fused-ring (bicyclic) bond motifs is 1. The number of methoxy groups -OCH3 is 1. The highest BCUT2D eigenvalue weighted by atomic mass is 35.5. The number of carbonyl (C=O) groups is 2. The van der Waals surface area contributed by atoms with Gasteiger partial charge in [0.25, 0.3) is 11.7 Å². The lowest BCUT2D eigenvalue weighted by molar-refractivity contribution is -0.140. The molecule has 154 valence electrons. The van der Waals surface area contributed by atoms with E-state index < -0.39 is 17.7 Å². The number of carbonyl (C=O) groups excluding carboxylic acids is 2. The quantitative estimate of drug-likeness (QED) is 0.365. The van der Waals surface area contributed by atoms with Gasteiger partial charge in [-0.3, -0.25) is 9.59 Å². The Morgan fingerprint density at radius 2 is 1.87 bits per heavy atom. The first-order chi connectivity index (χ1) is 14.4. The highest BCUT2D eigenvalue weighted by Gasteiger charge is 2.47. The van der Waals surface area contributed by atoms with Crippen molar-refractivity contribution in [1.82, 2.24) is 9.88 Å². The Balaban J connectivity index is 1.96. The van der Waals surface area contributed by atoms with Crippen LogP contribution >= 0.6 is 11.6 Å². The number of rotatable bonds is 5. The minimum Gasteiger partial charge on any atom is -0.507 e. The minimum atomic E-state index is -0.730. The molecular formula is C23H21ClN2O4. The molecule has 2 aromatic carbocycles. The molecular weight excluding hydrogens is 404 g/mol. The lowest BCUT2D eigenvalue weighted by Gasteiger charge is -2.25. The highest BCUT2D eigenvalue weighted by Crippen LogP contribution is 2.43. The van der Waals surface area contributed by atoms with Gasteiger partial charge in [0.05, 0.1) is 18.2 Å². The number of benzene rings is 2. The molecule has 2 heterocycles. The topological polar surface area (TPSA) is 82.6 Å². The number of ether oxygens (including phenoxy) is 1. The maximum Gasteiger partial charge on any atom is 0.295 e. The first kappa shape index (κ1) is 20.2. The molecule has 1 unspecified atom stereocenters. The molecule has 0 spiro atoms. The van der Waals surface area contributed by atoms with Crippen molar-refractivity contribution in [2.45, 2.75) is 13.0 Å². The molecule has 1 aliphatic heterocycles. The number of Topliss-reactive ketones (excluding diaryl/α,β-unsaturated/α-hetero) is 1. The van der Waals surface area contributed by atoms with Crippen molar-refractivity contribution in [3.05, 3.63) is 75.9 Å². The Kier molecular flexibility index (Phi) is 5.37. The molecule has 1 fully saturated rings. The predicted molar refractivity (Wildman–Crippen MR) is 115 cm³/mol. The van der Waals surface area contributed by atoms with E-state index in [1.54, 1.807) is 24.3 Å². The van der Waals surface area contributed by atoms with Gasteiger partial charge in [0.1, 0.15) is 5.76 Å². The third-order valence-electron chi connectivity index (χ3n) is 5.41. The standard InChI is InChI=1S/C23H21ClN2O4/c1-13-18(16-5-3-4-6-17(16)25-13)20-19(21(27)14-7-9-15(24)10-8-14)22(28)23(29)26(20)11-12-30-2/h3-10,20,25,27H,11-12H2,1-2H3/b21-19+. The van der Waals surface area contributed by atoms with Gasteiger partial charge >= 0.3 is 0 Å². The number of para-hydroxylation sites is 1. The van der Waals surface area contributed by atoms with Gasteiger partial charge in [-0.1, -0.05) is 29.8 Å². The van der Waals surface area contributed by atoms with Crippen LogP contribution in [0.1, 0.15) is 22.9 Å². The molecule has 0 radical (unpaired) electrons. The van der Waals surface area contributed by atoms with Crippen LogP contribution in [0.25, 0.3) is 16.7 Å². The second-order valence-electron chi connectivity index (χ2n) is 7.20. The van der Waals surface area contributed by atoms with Gasteiger partial charge in [-0.05, 0) is 37.3 Å². The smallest absolute Gasteiger partial charge is 0.295 e. The zero-order valence-electron chi connectivity index (χ0n) is 16.6. The number of likely N-dealkylation sites (tertiary alicyclic amines) is 1. The van der Waals surface area contributed by atoms with Crippen LogP contribution in [0.2, 0.25) is 5.02 Å². The van der Waals surface area contributed by atoms with E-state index in [4.69, 9.17) is 16.3 Å². The van der Waals surface area contributed by atoms with Crippen LogP contribution in [0.3, 0.4) is 0 Å². The van der Waals surface area contributed by atoms with Crippen LogP contribution < -0.4 is 0 Å². The first-order valence-electron chi connectivity index (χ1n) is 9.54. The number of aryl methyl sites for hydroxylation is 1. The normalized spacial score (nSPS) is 18.5. The number of hydrogen-bond acceptors (Lipinski definition) is 4. The Morgan fingerprint density at radius 3 is 2.57 bits per heavy atom. The number of hydrogen-bond donors (Lipinski definition) is 2. The number of aromatic nitrogens is 1. The van der Waals surface area contributed by atoms with E-state index in [9.17, 15) is 14.7 Å². The largest absolute Gasteiger partial charge is 0.507 e. The third-order valence-corrected chi connectivity index (χ3v) is 5.66. The summed E-state index contributed by atoms with van der Waals surface area (Å²) >= 11 is 5.96. The number of nitrogens with zero attached hydrogens (tertiary/aromatic N) is 1. The number of amides is 1.